The first kappa shape index (κ1) is 21.2. The molecule has 1 amide bonds. The highest BCUT2D eigenvalue weighted by atomic mass is 32.1. The van der Waals surface area contributed by atoms with Crippen LogP contribution in [-0.2, 0) is 19.5 Å². The summed E-state index contributed by atoms with van der Waals surface area (Å²) in [4.78, 5) is 21.6. The summed E-state index contributed by atoms with van der Waals surface area (Å²) in [5.74, 6) is -0.0764. The van der Waals surface area contributed by atoms with E-state index in [2.05, 4.69) is 45.7 Å². The van der Waals surface area contributed by atoms with E-state index in [9.17, 15) is 4.79 Å². The van der Waals surface area contributed by atoms with Crippen molar-refractivity contribution in [1.29, 1.82) is 0 Å². The Morgan fingerprint density at radius 3 is 2.74 bits per heavy atom. The fourth-order valence-electron chi connectivity index (χ4n) is 4.36. The van der Waals surface area contributed by atoms with Gasteiger partial charge in [-0.2, -0.15) is 0 Å². The topological polar surface area (TPSA) is 71.3 Å². The van der Waals surface area contributed by atoms with Crippen LogP contribution in [0.2, 0.25) is 0 Å². The summed E-state index contributed by atoms with van der Waals surface area (Å²) in [6.07, 6.45) is 0.918. The largest absolute Gasteiger partial charge is 0.351 e. The van der Waals surface area contributed by atoms with Gasteiger partial charge in [0.25, 0.3) is 5.91 Å². The quantitative estimate of drug-likeness (QED) is 0.323. The third-order valence-electron chi connectivity index (χ3n) is 5.97. The summed E-state index contributed by atoms with van der Waals surface area (Å²) < 4.78 is 6.34. The van der Waals surface area contributed by atoms with Gasteiger partial charge in [-0.25, -0.2) is 4.98 Å². The number of hydrogen-bond donors (Lipinski definition) is 1. The van der Waals surface area contributed by atoms with E-state index in [1.165, 1.54) is 16.0 Å². The van der Waals surface area contributed by atoms with Crippen molar-refractivity contribution < 1.29 is 9.32 Å². The molecule has 34 heavy (non-hydrogen) atoms. The number of para-hydroxylation sites is 1. The highest BCUT2D eigenvalue weighted by molar-refractivity contribution is 7.23. The van der Waals surface area contributed by atoms with Gasteiger partial charge in [0.1, 0.15) is 10.0 Å². The number of thiazole rings is 1. The normalized spacial score (nSPS) is 13.8. The van der Waals surface area contributed by atoms with Crippen molar-refractivity contribution in [2.24, 2.45) is 0 Å². The molecule has 1 N–H and O–H groups in total. The number of aromatic nitrogens is 2. The van der Waals surface area contributed by atoms with Crippen LogP contribution >= 0.6 is 22.7 Å². The number of thiophene rings is 1. The second-order valence-corrected chi connectivity index (χ2v) is 10.6. The predicted octanol–water partition coefficient (Wildman–Crippen LogP) is 6.13. The fourth-order valence-corrected chi connectivity index (χ4v) is 6.76. The number of fused-ring (bicyclic) bond motifs is 2. The molecule has 1 aliphatic rings. The first-order valence-electron chi connectivity index (χ1n) is 11.2. The Kier molecular flexibility index (Phi) is 5.49. The maximum Gasteiger partial charge on any atom is 0.294 e. The molecule has 6 nitrogen and oxygen atoms in total. The van der Waals surface area contributed by atoms with Gasteiger partial charge < -0.3 is 9.84 Å². The molecule has 0 saturated heterocycles. The van der Waals surface area contributed by atoms with Gasteiger partial charge in [-0.15, -0.1) is 22.7 Å². The second kappa shape index (κ2) is 8.79. The van der Waals surface area contributed by atoms with Gasteiger partial charge in [-0.3, -0.25) is 9.69 Å². The van der Waals surface area contributed by atoms with Crippen molar-refractivity contribution in [2.45, 2.75) is 26.4 Å². The van der Waals surface area contributed by atoms with Gasteiger partial charge in [0.05, 0.1) is 15.9 Å². The minimum Gasteiger partial charge on any atom is -0.351 e. The minimum absolute atomic E-state index is 0.213. The Morgan fingerprint density at radius 2 is 1.94 bits per heavy atom. The molecule has 4 heterocycles. The van der Waals surface area contributed by atoms with E-state index in [1.54, 1.807) is 35.7 Å². The highest BCUT2D eigenvalue weighted by Crippen LogP contribution is 2.46. The van der Waals surface area contributed by atoms with Crippen molar-refractivity contribution in [3.05, 3.63) is 88.1 Å². The van der Waals surface area contributed by atoms with Crippen LogP contribution in [0.3, 0.4) is 0 Å². The highest BCUT2D eigenvalue weighted by Gasteiger charge is 2.28. The van der Waals surface area contributed by atoms with E-state index in [1.807, 2.05) is 24.3 Å². The number of nitrogens with one attached hydrogen (secondary N) is 1. The van der Waals surface area contributed by atoms with Gasteiger partial charge in [-0.1, -0.05) is 47.6 Å². The monoisotopic (exact) mass is 486 g/mol. The Labute approximate surface area is 204 Å². The Morgan fingerprint density at radius 1 is 1.12 bits per heavy atom. The number of hydrogen-bond acceptors (Lipinski definition) is 7. The van der Waals surface area contributed by atoms with Crippen LogP contribution in [0.1, 0.15) is 32.3 Å². The van der Waals surface area contributed by atoms with Gasteiger partial charge in [0.15, 0.2) is 0 Å². The van der Waals surface area contributed by atoms with Gasteiger partial charge in [0, 0.05) is 36.1 Å². The molecular formula is C26H22N4O2S2. The third-order valence-corrected chi connectivity index (χ3v) is 8.16. The number of anilines is 1. The first-order chi connectivity index (χ1) is 16.6. The third kappa shape index (κ3) is 4.04. The standard InChI is InChI=1S/C26H22N4O2S2/c1-16-13-20(32-29-16)24(31)28-26-23(25-27-19-9-5-6-10-21(19)33-25)18-11-12-30(15-22(18)34-26)14-17-7-3-2-4-8-17/h2-10,13H,11-12,14-15H2,1H3,(H,28,31). The van der Waals surface area contributed by atoms with Gasteiger partial charge >= 0.3 is 0 Å². The number of carbonyl (C=O) groups is 1. The lowest BCUT2D eigenvalue weighted by atomic mass is 10.0. The maximum absolute atomic E-state index is 12.9. The van der Waals surface area contributed by atoms with Crippen LogP contribution in [0, 0.1) is 6.92 Å². The molecule has 3 aromatic heterocycles. The molecule has 0 bridgehead atoms. The molecule has 0 unspecified atom stereocenters. The maximum atomic E-state index is 12.9. The molecule has 170 valence electrons. The molecule has 0 spiro atoms. The second-order valence-electron chi connectivity index (χ2n) is 8.43. The molecule has 0 atom stereocenters. The summed E-state index contributed by atoms with van der Waals surface area (Å²) >= 11 is 3.31. The Balaban J connectivity index is 1.37. The van der Waals surface area contributed by atoms with Crippen LogP contribution in [-0.4, -0.2) is 27.5 Å². The van der Waals surface area contributed by atoms with Gasteiger partial charge in [-0.05, 0) is 36.6 Å². The summed E-state index contributed by atoms with van der Waals surface area (Å²) in [6.45, 7) is 4.53. The van der Waals surface area contributed by atoms with Crippen LogP contribution in [0.4, 0.5) is 5.00 Å². The van der Waals surface area contributed by atoms with Gasteiger partial charge in [0.2, 0.25) is 5.76 Å². The predicted molar refractivity (Wildman–Crippen MR) is 136 cm³/mol. The van der Waals surface area contributed by atoms with E-state index in [0.29, 0.717) is 5.69 Å². The molecule has 0 radical (unpaired) electrons. The molecule has 6 rings (SSSR count). The van der Waals surface area contributed by atoms with Crippen LogP contribution in [0.5, 0.6) is 0 Å². The average Bonchev–Trinajstić information content (AvgIpc) is 3.55. The lowest BCUT2D eigenvalue weighted by Crippen LogP contribution is -2.29. The van der Waals surface area contributed by atoms with E-state index in [-0.39, 0.29) is 11.7 Å². The van der Waals surface area contributed by atoms with E-state index in [4.69, 9.17) is 9.51 Å². The zero-order valence-electron chi connectivity index (χ0n) is 18.6. The smallest absolute Gasteiger partial charge is 0.294 e. The summed E-state index contributed by atoms with van der Waals surface area (Å²) in [7, 11) is 0. The lowest BCUT2D eigenvalue weighted by molar-refractivity contribution is 0.0988. The van der Waals surface area contributed by atoms with Crippen molar-refractivity contribution in [3.8, 4) is 10.6 Å². The Bertz CT molecular complexity index is 1450. The fraction of sp³-hybridized carbons (Fsp3) is 0.192. The van der Waals surface area contributed by atoms with E-state index >= 15 is 0 Å². The van der Waals surface area contributed by atoms with Crippen molar-refractivity contribution in [2.75, 3.05) is 11.9 Å². The van der Waals surface area contributed by atoms with Crippen molar-refractivity contribution in [3.63, 3.8) is 0 Å². The Hall–Kier alpha value is -3.33. The molecule has 0 fully saturated rings. The lowest BCUT2D eigenvalue weighted by Gasteiger charge is -2.27. The molecule has 1 aliphatic heterocycles. The molecule has 8 heteroatoms. The molecular weight excluding hydrogens is 464 g/mol. The van der Waals surface area contributed by atoms with Crippen molar-refractivity contribution >= 4 is 43.8 Å². The van der Waals surface area contributed by atoms with Crippen LogP contribution in [0.15, 0.2) is 65.2 Å². The van der Waals surface area contributed by atoms with Crippen molar-refractivity contribution in [1.82, 2.24) is 15.0 Å². The first-order valence-corrected chi connectivity index (χ1v) is 12.8. The van der Waals surface area contributed by atoms with E-state index < -0.39 is 0 Å². The molecule has 2 aromatic carbocycles. The number of amides is 1. The average molecular weight is 487 g/mol. The van der Waals surface area contributed by atoms with Crippen LogP contribution < -0.4 is 5.32 Å². The number of rotatable bonds is 5. The number of aryl methyl sites for hydroxylation is 1. The molecule has 0 saturated carbocycles. The SMILES string of the molecule is Cc1cc(C(=O)Nc2sc3c(c2-c2nc4ccccc4s2)CCN(Cc2ccccc2)C3)on1. The summed E-state index contributed by atoms with van der Waals surface area (Å²) in [5.41, 5.74) is 5.30. The molecule has 0 aliphatic carbocycles. The number of benzene rings is 2. The zero-order valence-corrected chi connectivity index (χ0v) is 20.2. The summed E-state index contributed by atoms with van der Waals surface area (Å²) in [5, 5.41) is 8.72. The molecule has 5 aromatic rings. The minimum atomic E-state index is -0.289. The number of carbonyl (C=O) groups excluding carboxylic acids is 1. The zero-order chi connectivity index (χ0) is 23.1. The summed E-state index contributed by atoms with van der Waals surface area (Å²) in [6, 6.07) is 20.4. The van der Waals surface area contributed by atoms with E-state index in [0.717, 1.165) is 51.8 Å². The van der Waals surface area contributed by atoms with Crippen LogP contribution in [0.25, 0.3) is 20.8 Å². The number of nitrogens with zero attached hydrogens (tertiary/aromatic N) is 3.